The molecule has 20 heavy (non-hydrogen) atoms. The van der Waals surface area contributed by atoms with Crippen molar-refractivity contribution in [1.82, 2.24) is 5.32 Å². The molecule has 0 fully saturated rings. The Labute approximate surface area is 119 Å². The SMILES string of the molecule is CCCCC(N)C(=O)Nc1ccccc1CC(=O)NC. The van der Waals surface area contributed by atoms with Crippen LogP contribution >= 0.6 is 0 Å². The number of amides is 2. The smallest absolute Gasteiger partial charge is 0.241 e. The van der Waals surface area contributed by atoms with E-state index in [1.165, 1.54) is 0 Å². The summed E-state index contributed by atoms with van der Waals surface area (Å²) in [6.45, 7) is 2.06. The van der Waals surface area contributed by atoms with Crippen LogP contribution < -0.4 is 16.4 Å². The zero-order chi connectivity index (χ0) is 15.0. The topological polar surface area (TPSA) is 84.2 Å². The lowest BCUT2D eigenvalue weighted by Crippen LogP contribution is -2.35. The van der Waals surface area contributed by atoms with Gasteiger partial charge in [-0.1, -0.05) is 38.0 Å². The van der Waals surface area contributed by atoms with Gasteiger partial charge < -0.3 is 16.4 Å². The molecule has 0 heterocycles. The lowest BCUT2D eigenvalue weighted by atomic mass is 10.1. The van der Waals surface area contributed by atoms with Crippen molar-refractivity contribution in [2.75, 3.05) is 12.4 Å². The highest BCUT2D eigenvalue weighted by atomic mass is 16.2. The molecule has 0 saturated carbocycles. The Bertz CT molecular complexity index is 460. The van der Waals surface area contributed by atoms with Crippen molar-refractivity contribution < 1.29 is 9.59 Å². The summed E-state index contributed by atoms with van der Waals surface area (Å²) >= 11 is 0. The molecule has 5 nitrogen and oxygen atoms in total. The number of nitrogens with two attached hydrogens (primary N) is 1. The predicted molar refractivity (Wildman–Crippen MR) is 80.3 cm³/mol. The minimum Gasteiger partial charge on any atom is -0.359 e. The highest BCUT2D eigenvalue weighted by Crippen LogP contribution is 2.16. The van der Waals surface area contributed by atoms with Gasteiger partial charge in [0.25, 0.3) is 0 Å². The Hall–Kier alpha value is -1.88. The van der Waals surface area contributed by atoms with Gasteiger partial charge in [0.05, 0.1) is 12.5 Å². The van der Waals surface area contributed by atoms with E-state index in [9.17, 15) is 9.59 Å². The van der Waals surface area contributed by atoms with Crippen molar-refractivity contribution in [3.8, 4) is 0 Å². The number of rotatable bonds is 7. The molecule has 0 saturated heterocycles. The summed E-state index contributed by atoms with van der Waals surface area (Å²) in [5.74, 6) is -0.301. The molecule has 2 amide bonds. The van der Waals surface area contributed by atoms with E-state index in [0.29, 0.717) is 12.1 Å². The number of anilines is 1. The standard InChI is InChI=1S/C15H23N3O2/c1-3-4-8-12(16)15(20)18-13-9-6-5-7-11(13)10-14(19)17-2/h5-7,9,12H,3-4,8,10,16H2,1-2H3,(H,17,19)(H,18,20). The van der Waals surface area contributed by atoms with Gasteiger partial charge in [-0.05, 0) is 18.1 Å². The number of carbonyl (C=O) groups excluding carboxylic acids is 2. The molecule has 5 heteroatoms. The Morgan fingerprint density at radius 2 is 2.00 bits per heavy atom. The molecule has 1 atom stereocenters. The maximum atomic E-state index is 12.0. The summed E-state index contributed by atoms with van der Waals surface area (Å²) in [4.78, 5) is 23.4. The summed E-state index contributed by atoms with van der Waals surface area (Å²) in [6.07, 6.45) is 2.83. The monoisotopic (exact) mass is 277 g/mol. The lowest BCUT2D eigenvalue weighted by Gasteiger charge is -2.14. The Morgan fingerprint density at radius 3 is 2.65 bits per heavy atom. The van der Waals surface area contributed by atoms with E-state index in [4.69, 9.17) is 5.73 Å². The lowest BCUT2D eigenvalue weighted by molar-refractivity contribution is -0.120. The molecule has 1 aromatic rings. The Morgan fingerprint density at radius 1 is 1.30 bits per heavy atom. The third kappa shape index (κ3) is 5.01. The van der Waals surface area contributed by atoms with Crippen molar-refractivity contribution in [1.29, 1.82) is 0 Å². The minimum absolute atomic E-state index is 0.0954. The van der Waals surface area contributed by atoms with Crippen LogP contribution in [-0.2, 0) is 16.0 Å². The van der Waals surface area contributed by atoms with Crippen LogP contribution in [0.1, 0.15) is 31.7 Å². The van der Waals surface area contributed by atoms with Crippen LogP contribution in [0.3, 0.4) is 0 Å². The van der Waals surface area contributed by atoms with Crippen molar-refractivity contribution >= 4 is 17.5 Å². The van der Waals surface area contributed by atoms with Gasteiger partial charge in [-0.3, -0.25) is 9.59 Å². The maximum Gasteiger partial charge on any atom is 0.241 e. The molecule has 0 radical (unpaired) electrons. The predicted octanol–water partition coefficient (Wildman–Crippen LogP) is 1.43. The molecule has 1 unspecified atom stereocenters. The molecule has 0 aliphatic heterocycles. The first-order valence-corrected chi connectivity index (χ1v) is 6.93. The highest BCUT2D eigenvalue weighted by Gasteiger charge is 2.15. The van der Waals surface area contributed by atoms with Crippen LogP contribution in [0.25, 0.3) is 0 Å². The first kappa shape index (κ1) is 16.2. The van der Waals surface area contributed by atoms with Crippen LogP contribution in [0.4, 0.5) is 5.69 Å². The summed E-state index contributed by atoms with van der Waals surface area (Å²) in [6, 6.07) is 6.75. The zero-order valence-electron chi connectivity index (χ0n) is 12.1. The van der Waals surface area contributed by atoms with Crippen LogP contribution in [0.15, 0.2) is 24.3 Å². The van der Waals surface area contributed by atoms with Crippen LogP contribution in [0.2, 0.25) is 0 Å². The summed E-state index contributed by atoms with van der Waals surface area (Å²) in [7, 11) is 1.59. The number of benzene rings is 1. The zero-order valence-corrected chi connectivity index (χ0v) is 12.1. The van der Waals surface area contributed by atoms with E-state index in [-0.39, 0.29) is 18.2 Å². The minimum atomic E-state index is -0.511. The molecule has 0 spiro atoms. The molecule has 0 bridgehead atoms. The second kappa shape index (κ2) is 8.32. The van der Waals surface area contributed by atoms with Crippen LogP contribution in [0.5, 0.6) is 0 Å². The molecule has 0 aliphatic rings. The summed E-state index contributed by atoms with van der Waals surface area (Å²) < 4.78 is 0. The first-order valence-electron chi connectivity index (χ1n) is 6.93. The number of para-hydroxylation sites is 1. The van der Waals surface area contributed by atoms with Crippen molar-refractivity contribution in [2.45, 2.75) is 38.6 Å². The molecular formula is C15H23N3O2. The molecule has 0 aromatic heterocycles. The normalized spacial score (nSPS) is 11.8. The largest absolute Gasteiger partial charge is 0.359 e. The van der Waals surface area contributed by atoms with Crippen LogP contribution in [-0.4, -0.2) is 24.9 Å². The van der Waals surface area contributed by atoms with Gasteiger partial charge in [-0.15, -0.1) is 0 Å². The number of unbranched alkanes of at least 4 members (excludes halogenated alkanes) is 1. The fourth-order valence-corrected chi connectivity index (χ4v) is 1.84. The van der Waals surface area contributed by atoms with Gasteiger partial charge >= 0.3 is 0 Å². The fourth-order valence-electron chi connectivity index (χ4n) is 1.84. The van der Waals surface area contributed by atoms with E-state index < -0.39 is 6.04 Å². The number of hydrogen-bond donors (Lipinski definition) is 3. The van der Waals surface area contributed by atoms with E-state index in [1.807, 2.05) is 18.2 Å². The Balaban J connectivity index is 2.71. The molecule has 0 aliphatic carbocycles. The third-order valence-corrected chi connectivity index (χ3v) is 3.11. The van der Waals surface area contributed by atoms with E-state index >= 15 is 0 Å². The maximum absolute atomic E-state index is 12.0. The van der Waals surface area contributed by atoms with E-state index in [1.54, 1.807) is 13.1 Å². The fraction of sp³-hybridized carbons (Fsp3) is 0.467. The van der Waals surface area contributed by atoms with E-state index in [2.05, 4.69) is 17.6 Å². The van der Waals surface area contributed by atoms with Gasteiger partial charge in [0.2, 0.25) is 11.8 Å². The van der Waals surface area contributed by atoms with Gasteiger partial charge in [0, 0.05) is 12.7 Å². The highest BCUT2D eigenvalue weighted by molar-refractivity contribution is 5.96. The van der Waals surface area contributed by atoms with Gasteiger partial charge in [-0.25, -0.2) is 0 Å². The second-order valence-corrected chi connectivity index (χ2v) is 4.75. The number of likely N-dealkylation sites (N-methyl/N-ethyl adjacent to an activating group) is 1. The summed E-state index contributed by atoms with van der Waals surface area (Å²) in [5.41, 5.74) is 7.26. The molecule has 1 aromatic carbocycles. The first-order chi connectivity index (χ1) is 9.58. The molecule has 1 rings (SSSR count). The molecule has 110 valence electrons. The van der Waals surface area contributed by atoms with Crippen molar-refractivity contribution in [3.63, 3.8) is 0 Å². The van der Waals surface area contributed by atoms with Gasteiger partial charge in [0.1, 0.15) is 0 Å². The molecular weight excluding hydrogens is 254 g/mol. The Kier molecular flexibility index (Phi) is 6.73. The average Bonchev–Trinajstić information content (AvgIpc) is 2.46. The quantitative estimate of drug-likeness (QED) is 0.705. The van der Waals surface area contributed by atoms with Crippen molar-refractivity contribution in [2.24, 2.45) is 5.73 Å². The summed E-state index contributed by atoms with van der Waals surface area (Å²) in [5, 5.41) is 5.37. The van der Waals surface area contributed by atoms with Gasteiger partial charge in [0.15, 0.2) is 0 Å². The third-order valence-electron chi connectivity index (χ3n) is 3.11. The molecule has 4 N–H and O–H groups in total. The second-order valence-electron chi connectivity index (χ2n) is 4.75. The van der Waals surface area contributed by atoms with E-state index in [0.717, 1.165) is 18.4 Å². The van der Waals surface area contributed by atoms with Gasteiger partial charge in [-0.2, -0.15) is 0 Å². The number of hydrogen-bond acceptors (Lipinski definition) is 3. The number of carbonyl (C=O) groups is 2. The number of nitrogens with one attached hydrogen (secondary N) is 2. The van der Waals surface area contributed by atoms with Crippen LogP contribution in [0, 0.1) is 0 Å². The average molecular weight is 277 g/mol. The van der Waals surface area contributed by atoms with Crippen molar-refractivity contribution in [3.05, 3.63) is 29.8 Å².